The van der Waals surface area contributed by atoms with E-state index >= 15 is 0 Å². The first-order valence-corrected chi connectivity index (χ1v) is 4.52. The molecule has 0 saturated carbocycles. The van der Waals surface area contributed by atoms with Crippen molar-refractivity contribution in [2.45, 2.75) is 6.18 Å². The predicted molar refractivity (Wildman–Crippen MR) is 50.8 cm³/mol. The van der Waals surface area contributed by atoms with Crippen molar-refractivity contribution < 1.29 is 22.7 Å². The van der Waals surface area contributed by atoms with Crippen molar-refractivity contribution in [3.8, 4) is 5.75 Å². The zero-order valence-corrected chi connectivity index (χ0v) is 8.80. The number of ether oxygens (including phenoxy) is 1. The molecule has 1 aromatic carbocycles. The lowest BCUT2D eigenvalue weighted by Gasteiger charge is -2.06. The zero-order chi connectivity index (χ0) is 10.8. The second-order valence-corrected chi connectivity index (χ2v) is 3.59. The molecule has 0 aliphatic heterocycles. The van der Waals surface area contributed by atoms with E-state index in [1.807, 2.05) is 22.6 Å². The van der Waals surface area contributed by atoms with E-state index in [4.69, 9.17) is 0 Å². The summed E-state index contributed by atoms with van der Waals surface area (Å²) in [5.74, 6) is -2.33. The van der Waals surface area contributed by atoms with Crippen LogP contribution in [-0.4, -0.2) is 12.1 Å². The number of rotatable bonds is 1. The zero-order valence-electron chi connectivity index (χ0n) is 6.64. The fraction of sp³-hybridized carbons (Fsp3) is 0.125. The molecular weight excluding hydrogens is 312 g/mol. The van der Waals surface area contributed by atoms with E-state index in [0.29, 0.717) is 0 Å². The maximum atomic E-state index is 11.7. The van der Waals surface area contributed by atoms with Gasteiger partial charge in [-0.1, -0.05) is 0 Å². The Morgan fingerprint density at radius 3 is 2.14 bits per heavy atom. The monoisotopic (exact) mass is 316 g/mol. The minimum atomic E-state index is -4.96. The van der Waals surface area contributed by atoms with Gasteiger partial charge >= 0.3 is 12.1 Å². The normalized spacial score (nSPS) is 11.1. The molecule has 0 spiro atoms. The second kappa shape index (κ2) is 4.16. The van der Waals surface area contributed by atoms with Gasteiger partial charge in [0.2, 0.25) is 0 Å². The molecule has 0 aliphatic rings. The Morgan fingerprint density at radius 1 is 1.21 bits per heavy atom. The summed E-state index contributed by atoms with van der Waals surface area (Å²) >= 11 is 1.98. The molecule has 6 heteroatoms. The lowest BCUT2D eigenvalue weighted by atomic mass is 10.3. The highest BCUT2D eigenvalue weighted by Crippen LogP contribution is 2.20. The van der Waals surface area contributed by atoms with Crippen molar-refractivity contribution in [2.75, 3.05) is 0 Å². The van der Waals surface area contributed by atoms with Gasteiger partial charge in [0.1, 0.15) is 5.75 Å². The van der Waals surface area contributed by atoms with Gasteiger partial charge in [-0.2, -0.15) is 13.2 Å². The van der Waals surface area contributed by atoms with Gasteiger partial charge in [-0.3, -0.25) is 0 Å². The average Bonchev–Trinajstić information content (AvgIpc) is 2.07. The molecule has 14 heavy (non-hydrogen) atoms. The van der Waals surface area contributed by atoms with Crippen LogP contribution in [0.25, 0.3) is 0 Å². The first-order valence-electron chi connectivity index (χ1n) is 3.44. The Morgan fingerprint density at radius 2 is 1.71 bits per heavy atom. The van der Waals surface area contributed by atoms with Gasteiger partial charge in [0.15, 0.2) is 0 Å². The van der Waals surface area contributed by atoms with Crippen LogP contribution in [0.2, 0.25) is 0 Å². The summed E-state index contributed by atoms with van der Waals surface area (Å²) in [6, 6.07) is 5.68. The highest BCUT2D eigenvalue weighted by atomic mass is 127. The third kappa shape index (κ3) is 3.17. The van der Waals surface area contributed by atoms with E-state index in [1.54, 1.807) is 12.1 Å². The van der Waals surface area contributed by atoms with Crippen LogP contribution in [0, 0.1) is 3.57 Å². The van der Waals surface area contributed by atoms with Gasteiger partial charge in [0.25, 0.3) is 0 Å². The lowest BCUT2D eigenvalue weighted by Crippen LogP contribution is -2.27. The van der Waals surface area contributed by atoms with Crippen molar-refractivity contribution in [1.82, 2.24) is 0 Å². The van der Waals surface area contributed by atoms with Crippen LogP contribution in [-0.2, 0) is 4.79 Å². The third-order valence-electron chi connectivity index (χ3n) is 1.26. The van der Waals surface area contributed by atoms with E-state index in [0.717, 1.165) is 3.57 Å². The fourth-order valence-electron chi connectivity index (χ4n) is 0.668. The number of carbonyl (C=O) groups excluding carboxylic acids is 1. The third-order valence-corrected chi connectivity index (χ3v) is 1.97. The molecule has 2 nitrogen and oxygen atoms in total. The molecule has 0 bridgehead atoms. The summed E-state index contributed by atoms with van der Waals surface area (Å²) in [6.45, 7) is 0. The van der Waals surface area contributed by atoms with Crippen LogP contribution >= 0.6 is 22.6 Å². The van der Waals surface area contributed by atoms with Crippen LogP contribution in [0.15, 0.2) is 24.3 Å². The average molecular weight is 316 g/mol. The highest BCUT2D eigenvalue weighted by molar-refractivity contribution is 14.1. The standard InChI is InChI=1S/C8H4F3IO2/c9-8(10,11)7(13)14-6-3-1-5(12)2-4-6/h1-4H. The SMILES string of the molecule is O=C(Oc1ccc(I)cc1)C(F)(F)F. The molecule has 0 saturated heterocycles. The van der Waals surface area contributed by atoms with Gasteiger partial charge in [0.05, 0.1) is 0 Å². The molecule has 0 N–H and O–H groups in total. The number of esters is 1. The van der Waals surface area contributed by atoms with Crippen LogP contribution in [0.4, 0.5) is 13.2 Å². The Bertz CT molecular complexity index is 331. The second-order valence-electron chi connectivity index (χ2n) is 2.34. The van der Waals surface area contributed by atoms with Crippen LogP contribution in [0.5, 0.6) is 5.75 Å². The molecular formula is C8H4F3IO2. The largest absolute Gasteiger partial charge is 0.491 e. The van der Waals surface area contributed by atoms with Crippen molar-refractivity contribution in [2.24, 2.45) is 0 Å². The van der Waals surface area contributed by atoms with Crippen LogP contribution < -0.4 is 4.74 Å². The van der Waals surface area contributed by atoms with E-state index in [-0.39, 0.29) is 5.75 Å². The van der Waals surface area contributed by atoms with Gasteiger partial charge in [0, 0.05) is 3.57 Å². The first-order chi connectivity index (χ1) is 6.39. The molecule has 76 valence electrons. The maximum absolute atomic E-state index is 11.7. The summed E-state index contributed by atoms with van der Waals surface area (Å²) in [7, 11) is 0. The minimum Gasteiger partial charge on any atom is -0.420 e. The summed E-state index contributed by atoms with van der Waals surface area (Å²) < 4.78 is 40.1. The molecule has 0 aliphatic carbocycles. The highest BCUT2D eigenvalue weighted by Gasteiger charge is 2.41. The Hall–Kier alpha value is -0.790. The van der Waals surface area contributed by atoms with Gasteiger partial charge in [-0.05, 0) is 46.9 Å². The molecule has 1 aromatic rings. The topological polar surface area (TPSA) is 26.3 Å². The quantitative estimate of drug-likeness (QED) is 0.452. The molecule has 0 heterocycles. The van der Waals surface area contributed by atoms with E-state index in [2.05, 4.69) is 4.74 Å². The lowest BCUT2D eigenvalue weighted by molar-refractivity contribution is -0.189. The van der Waals surface area contributed by atoms with Crippen molar-refractivity contribution in [3.05, 3.63) is 27.8 Å². The predicted octanol–water partition coefficient (Wildman–Crippen LogP) is 2.76. The van der Waals surface area contributed by atoms with E-state index < -0.39 is 12.1 Å². The van der Waals surface area contributed by atoms with E-state index in [9.17, 15) is 18.0 Å². The minimum absolute atomic E-state index is 0.118. The van der Waals surface area contributed by atoms with Crippen LogP contribution in [0.3, 0.4) is 0 Å². The van der Waals surface area contributed by atoms with Gasteiger partial charge < -0.3 is 4.74 Å². The number of halogens is 4. The molecule has 0 aromatic heterocycles. The number of hydrogen-bond acceptors (Lipinski definition) is 2. The molecule has 0 atom stereocenters. The molecule has 0 radical (unpaired) electrons. The van der Waals surface area contributed by atoms with Crippen LogP contribution in [0.1, 0.15) is 0 Å². The fourth-order valence-corrected chi connectivity index (χ4v) is 1.03. The Labute approximate surface area is 91.2 Å². The summed E-state index contributed by atoms with van der Waals surface area (Å²) in [5.41, 5.74) is 0. The van der Waals surface area contributed by atoms with Gasteiger partial charge in [-0.15, -0.1) is 0 Å². The molecule has 0 fully saturated rings. The maximum Gasteiger partial charge on any atom is 0.491 e. The summed E-state index contributed by atoms with van der Waals surface area (Å²) in [6.07, 6.45) is -4.96. The summed E-state index contributed by atoms with van der Waals surface area (Å²) in [5, 5.41) is 0. The van der Waals surface area contributed by atoms with Crippen molar-refractivity contribution in [1.29, 1.82) is 0 Å². The molecule has 0 amide bonds. The molecule has 1 rings (SSSR count). The van der Waals surface area contributed by atoms with Crippen molar-refractivity contribution in [3.63, 3.8) is 0 Å². The smallest absolute Gasteiger partial charge is 0.420 e. The Balaban J connectivity index is 2.71. The molecule has 0 unspecified atom stereocenters. The first kappa shape index (κ1) is 11.3. The van der Waals surface area contributed by atoms with Crippen molar-refractivity contribution >= 4 is 28.6 Å². The Kier molecular flexibility index (Phi) is 3.35. The summed E-state index contributed by atoms with van der Waals surface area (Å²) in [4.78, 5) is 10.4. The van der Waals surface area contributed by atoms with Gasteiger partial charge in [-0.25, -0.2) is 4.79 Å². The number of hydrogen-bond donors (Lipinski definition) is 0. The van der Waals surface area contributed by atoms with E-state index in [1.165, 1.54) is 12.1 Å². The number of carbonyl (C=O) groups is 1. The number of alkyl halides is 3. The number of benzene rings is 1.